The van der Waals surface area contributed by atoms with Gasteiger partial charge in [0.2, 0.25) is 12.7 Å². The Morgan fingerprint density at radius 3 is 2.86 bits per heavy atom. The lowest BCUT2D eigenvalue weighted by atomic mass is 9.86. The van der Waals surface area contributed by atoms with E-state index in [1.54, 1.807) is 23.1 Å². The summed E-state index contributed by atoms with van der Waals surface area (Å²) < 4.78 is 25.8. The van der Waals surface area contributed by atoms with Gasteiger partial charge in [0.15, 0.2) is 11.5 Å². The SMILES string of the molecule is [2H]C1([2H])Oc2ccc([C@@H]3c4[nH]c5ccccc5c4C[C@@H]4C(=O)N(N)CC(=O)N34)cc2O1. The van der Waals surface area contributed by atoms with Crippen LogP contribution in [0.1, 0.15) is 25.6 Å². The van der Waals surface area contributed by atoms with Gasteiger partial charge in [-0.25, -0.2) is 5.84 Å². The van der Waals surface area contributed by atoms with E-state index < -0.39 is 18.8 Å². The maximum Gasteiger partial charge on any atom is 0.260 e. The van der Waals surface area contributed by atoms with Crippen molar-refractivity contribution >= 4 is 22.7 Å². The van der Waals surface area contributed by atoms with E-state index in [1.165, 1.54) is 0 Å². The van der Waals surface area contributed by atoms with E-state index in [0.29, 0.717) is 12.0 Å². The van der Waals surface area contributed by atoms with E-state index in [1.807, 2.05) is 24.3 Å². The summed E-state index contributed by atoms with van der Waals surface area (Å²) in [5, 5.41) is 1.97. The van der Waals surface area contributed by atoms with Crippen molar-refractivity contribution in [3.05, 3.63) is 59.3 Å². The van der Waals surface area contributed by atoms with Crippen LogP contribution in [0.2, 0.25) is 0 Å². The zero-order chi connectivity index (χ0) is 21.5. The van der Waals surface area contributed by atoms with Crippen molar-refractivity contribution in [2.45, 2.75) is 18.5 Å². The van der Waals surface area contributed by atoms with Crippen LogP contribution in [-0.2, 0) is 16.0 Å². The first-order valence-electron chi connectivity index (χ1n) is 10.3. The fourth-order valence-corrected chi connectivity index (χ4v) is 4.60. The third-order valence-electron chi connectivity index (χ3n) is 5.88. The molecule has 29 heavy (non-hydrogen) atoms. The lowest BCUT2D eigenvalue weighted by Gasteiger charge is -2.46. The maximum atomic E-state index is 13.1. The molecule has 1 saturated heterocycles. The number of benzene rings is 2. The molecule has 0 spiro atoms. The first-order chi connectivity index (χ1) is 14.8. The molecule has 0 saturated carbocycles. The van der Waals surface area contributed by atoms with Gasteiger partial charge >= 0.3 is 0 Å². The van der Waals surface area contributed by atoms with Crippen LogP contribution in [0.3, 0.4) is 0 Å². The van der Waals surface area contributed by atoms with Crippen LogP contribution in [0.25, 0.3) is 10.9 Å². The van der Waals surface area contributed by atoms with E-state index in [2.05, 4.69) is 4.98 Å². The Kier molecular flexibility index (Phi) is 2.87. The van der Waals surface area contributed by atoms with Gasteiger partial charge in [0.25, 0.3) is 5.91 Å². The number of piperazine rings is 1. The number of aromatic nitrogens is 1. The number of aromatic amines is 1. The molecule has 0 aliphatic carbocycles. The van der Waals surface area contributed by atoms with Crippen LogP contribution in [0.4, 0.5) is 0 Å². The molecule has 2 atom stereocenters. The molecule has 1 aromatic heterocycles. The van der Waals surface area contributed by atoms with Crippen LogP contribution < -0.4 is 15.3 Å². The number of hydrogen-bond donors (Lipinski definition) is 2. The highest BCUT2D eigenvalue weighted by atomic mass is 16.7. The summed E-state index contributed by atoms with van der Waals surface area (Å²) in [6.07, 6.45) is 0.362. The molecule has 4 heterocycles. The maximum absolute atomic E-state index is 13.1. The molecule has 3 aliphatic heterocycles. The molecule has 2 amide bonds. The standard InChI is InChI=1S/C21H18N4O4/c22-24-9-18(26)25-15(21(24)27)8-13-12-3-1-2-4-14(12)23-19(13)20(25)11-5-6-16-17(7-11)29-10-28-16/h1-7,15,20,23H,8-10,22H2/t15-,20-/m1/s1/i10D2. The Labute approximate surface area is 168 Å². The Bertz CT molecular complexity index is 1270. The van der Waals surface area contributed by atoms with Crippen LogP contribution in [0.5, 0.6) is 11.5 Å². The quantitative estimate of drug-likeness (QED) is 0.482. The Hall–Kier alpha value is -3.52. The molecule has 8 nitrogen and oxygen atoms in total. The molecule has 3 aromatic rings. The molecule has 6 rings (SSSR count). The van der Waals surface area contributed by atoms with E-state index in [9.17, 15) is 9.59 Å². The van der Waals surface area contributed by atoms with Gasteiger partial charge in [-0.2, -0.15) is 0 Å². The predicted molar refractivity (Wildman–Crippen MR) is 103 cm³/mol. The molecule has 0 unspecified atom stereocenters. The number of H-pyrrole nitrogens is 1. The van der Waals surface area contributed by atoms with Crippen LogP contribution in [-0.4, -0.2) is 46.0 Å². The van der Waals surface area contributed by atoms with Crippen molar-refractivity contribution in [2.24, 2.45) is 5.84 Å². The number of hydrogen-bond acceptors (Lipinski definition) is 5. The van der Waals surface area contributed by atoms with Crippen molar-refractivity contribution < 1.29 is 21.8 Å². The Morgan fingerprint density at radius 1 is 1.14 bits per heavy atom. The van der Waals surface area contributed by atoms with Gasteiger partial charge in [-0.15, -0.1) is 0 Å². The minimum atomic E-state index is -2.25. The zero-order valence-electron chi connectivity index (χ0n) is 17.2. The molecule has 1 fully saturated rings. The highest BCUT2D eigenvalue weighted by Crippen LogP contribution is 2.44. The number of hydrazine groups is 1. The van der Waals surface area contributed by atoms with Crippen molar-refractivity contribution in [1.82, 2.24) is 14.9 Å². The summed E-state index contributed by atoms with van der Waals surface area (Å²) >= 11 is 0. The average molecular weight is 392 g/mol. The number of fused-ring (bicyclic) bond motifs is 5. The van der Waals surface area contributed by atoms with E-state index in [0.717, 1.165) is 27.2 Å². The van der Waals surface area contributed by atoms with Crippen molar-refractivity contribution in [2.75, 3.05) is 13.3 Å². The van der Waals surface area contributed by atoms with Crippen LogP contribution in [0, 0.1) is 0 Å². The number of carbonyl (C=O) groups is 2. The van der Waals surface area contributed by atoms with Crippen LogP contribution in [0.15, 0.2) is 42.5 Å². The third kappa shape index (κ3) is 2.23. The molecular formula is C21H18N4O4. The third-order valence-corrected chi connectivity index (χ3v) is 5.88. The number of nitrogens with one attached hydrogen (secondary N) is 1. The molecule has 3 aliphatic rings. The molecular weight excluding hydrogens is 372 g/mol. The van der Waals surface area contributed by atoms with Gasteiger partial charge in [-0.1, -0.05) is 24.3 Å². The number of para-hydroxylation sites is 1. The molecule has 8 heteroatoms. The topological polar surface area (TPSA) is 101 Å². The first kappa shape index (κ1) is 14.5. The normalized spacial score (nSPS) is 25.6. The Morgan fingerprint density at radius 2 is 1.97 bits per heavy atom. The summed E-state index contributed by atoms with van der Waals surface area (Å²) in [6, 6.07) is 11.5. The highest BCUT2D eigenvalue weighted by Gasteiger charge is 2.47. The monoisotopic (exact) mass is 392 g/mol. The molecule has 146 valence electrons. The second kappa shape index (κ2) is 5.74. The van der Waals surface area contributed by atoms with E-state index >= 15 is 0 Å². The van der Waals surface area contributed by atoms with Gasteiger partial charge < -0.3 is 19.4 Å². The Balaban J connectivity index is 1.56. The summed E-state index contributed by atoms with van der Waals surface area (Å²) in [6.45, 7) is -2.45. The second-order valence-corrected chi connectivity index (χ2v) is 7.45. The summed E-state index contributed by atoms with van der Waals surface area (Å²) in [4.78, 5) is 31.0. The molecule has 2 aromatic carbocycles. The van der Waals surface area contributed by atoms with Gasteiger partial charge in [-0.3, -0.25) is 14.6 Å². The fraction of sp³-hybridized carbons (Fsp3) is 0.238. The number of nitrogens with zero attached hydrogens (tertiary/aromatic N) is 2. The average Bonchev–Trinajstić information content (AvgIpc) is 3.25. The van der Waals surface area contributed by atoms with Gasteiger partial charge in [0.05, 0.1) is 6.04 Å². The number of ether oxygens (including phenoxy) is 2. The summed E-state index contributed by atoms with van der Waals surface area (Å²) in [5.74, 6) is 5.79. The van der Waals surface area contributed by atoms with Crippen molar-refractivity contribution in [3.63, 3.8) is 0 Å². The van der Waals surface area contributed by atoms with Gasteiger partial charge in [-0.05, 0) is 29.3 Å². The number of nitrogens with two attached hydrogens (primary N) is 1. The fourth-order valence-electron chi connectivity index (χ4n) is 4.60. The largest absolute Gasteiger partial charge is 0.454 e. The molecule has 3 N–H and O–H groups in total. The minimum Gasteiger partial charge on any atom is -0.454 e. The summed E-state index contributed by atoms with van der Waals surface area (Å²) in [5.41, 5.74) is 3.39. The predicted octanol–water partition coefficient (Wildman–Crippen LogP) is 1.46. The highest BCUT2D eigenvalue weighted by molar-refractivity contribution is 5.97. The lowest BCUT2D eigenvalue weighted by molar-refractivity contribution is -0.158. The summed E-state index contributed by atoms with van der Waals surface area (Å²) in [7, 11) is 0. The minimum absolute atomic E-state index is 0.200. The van der Waals surface area contributed by atoms with Crippen molar-refractivity contribution in [3.8, 4) is 11.5 Å². The van der Waals surface area contributed by atoms with Gasteiger partial charge in [0.1, 0.15) is 15.3 Å². The van der Waals surface area contributed by atoms with E-state index in [4.69, 9.17) is 18.1 Å². The molecule has 0 radical (unpaired) electrons. The first-order valence-corrected chi connectivity index (χ1v) is 9.31. The number of carbonyl (C=O) groups excluding carboxylic acids is 2. The van der Waals surface area contributed by atoms with Gasteiger partial charge in [0, 0.05) is 23.0 Å². The van der Waals surface area contributed by atoms with Crippen LogP contribution >= 0.6 is 0 Å². The second-order valence-electron chi connectivity index (χ2n) is 7.45. The zero-order valence-corrected chi connectivity index (χ0v) is 15.2. The number of rotatable bonds is 1. The molecule has 0 bridgehead atoms. The van der Waals surface area contributed by atoms with E-state index in [-0.39, 0.29) is 29.9 Å². The van der Waals surface area contributed by atoms with Crippen molar-refractivity contribution in [1.29, 1.82) is 0 Å². The smallest absolute Gasteiger partial charge is 0.260 e. The number of amides is 2. The lowest BCUT2D eigenvalue weighted by Crippen LogP contribution is -2.64.